The highest BCUT2D eigenvalue weighted by Crippen LogP contribution is 2.22. The molecule has 2 rings (SSSR count). The van der Waals surface area contributed by atoms with E-state index >= 15 is 0 Å². The fraction of sp³-hybridized carbons (Fsp3) is 0.500. The van der Waals surface area contributed by atoms with Gasteiger partial charge in [-0.1, -0.05) is 12.1 Å². The smallest absolute Gasteiger partial charge is 0.231 e. The Morgan fingerprint density at radius 2 is 2.28 bits per heavy atom. The van der Waals surface area contributed by atoms with E-state index in [2.05, 4.69) is 5.32 Å². The molecule has 0 radical (unpaired) electrons. The van der Waals surface area contributed by atoms with E-state index < -0.39 is 0 Å². The monoisotopic (exact) mass is 250 g/mol. The third-order valence-electron chi connectivity index (χ3n) is 3.37. The van der Waals surface area contributed by atoms with E-state index in [0.717, 1.165) is 19.4 Å². The summed E-state index contributed by atoms with van der Waals surface area (Å²) >= 11 is 0. The number of piperidine rings is 1. The summed E-state index contributed by atoms with van der Waals surface area (Å²) in [5, 5.41) is 3.22. The van der Waals surface area contributed by atoms with Gasteiger partial charge < -0.3 is 10.2 Å². The first-order valence-electron chi connectivity index (χ1n) is 6.50. The largest absolute Gasteiger partial charge is 0.316 e. The molecule has 0 aliphatic carbocycles. The summed E-state index contributed by atoms with van der Waals surface area (Å²) < 4.78 is 13.7. The van der Waals surface area contributed by atoms with Crippen molar-refractivity contribution < 1.29 is 9.18 Å². The molecule has 1 N–H and O–H groups in total. The molecule has 1 amide bonds. The average Bonchev–Trinajstić information content (AvgIpc) is 2.42. The van der Waals surface area contributed by atoms with Gasteiger partial charge in [0.25, 0.3) is 0 Å². The number of hydrogen-bond donors (Lipinski definition) is 1. The molecule has 0 aromatic heterocycles. The van der Waals surface area contributed by atoms with Crippen LogP contribution in [0.2, 0.25) is 0 Å². The second kappa shape index (κ2) is 5.96. The predicted octanol–water partition coefficient (Wildman–Crippen LogP) is 2.18. The van der Waals surface area contributed by atoms with Gasteiger partial charge in [-0.15, -0.1) is 0 Å². The van der Waals surface area contributed by atoms with Crippen LogP contribution in [0.25, 0.3) is 0 Å². The molecule has 1 aromatic carbocycles. The van der Waals surface area contributed by atoms with E-state index in [-0.39, 0.29) is 17.6 Å². The molecule has 3 nitrogen and oxygen atoms in total. The van der Waals surface area contributed by atoms with E-state index in [4.69, 9.17) is 0 Å². The molecule has 18 heavy (non-hydrogen) atoms. The van der Waals surface area contributed by atoms with Crippen molar-refractivity contribution in [3.8, 4) is 0 Å². The zero-order valence-corrected chi connectivity index (χ0v) is 10.7. The molecule has 0 bridgehead atoms. The van der Waals surface area contributed by atoms with Crippen molar-refractivity contribution in [2.75, 3.05) is 24.5 Å². The quantitative estimate of drug-likeness (QED) is 0.891. The molecule has 0 spiro atoms. The highest BCUT2D eigenvalue weighted by atomic mass is 19.1. The van der Waals surface area contributed by atoms with Crippen molar-refractivity contribution >= 4 is 11.6 Å². The first kappa shape index (κ1) is 13.0. The van der Waals surface area contributed by atoms with Crippen LogP contribution in [0, 0.1) is 11.7 Å². The number of amides is 1. The van der Waals surface area contributed by atoms with Crippen LogP contribution in [-0.2, 0) is 4.79 Å². The van der Waals surface area contributed by atoms with Crippen LogP contribution in [-0.4, -0.2) is 25.5 Å². The van der Waals surface area contributed by atoms with Gasteiger partial charge in [-0.05, 0) is 38.4 Å². The van der Waals surface area contributed by atoms with Crippen molar-refractivity contribution in [2.24, 2.45) is 5.92 Å². The second-order valence-electron chi connectivity index (χ2n) is 4.58. The average molecular weight is 250 g/mol. The minimum Gasteiger partial charge on any atom is -0.316 e. The number of rotatable bonds is 3. The molecule has 1 aliphatic heterocycles. The van der Waals surface area contributed by atoms with Gasteiger partial charge in [-0.25, -0.2) is 4.39 Å². The van der Waals surface area contributed by atoms with Gasteiger partial charge in [0.1, 0.15) is 5.82 Å². The summed E-state index contributed by atoms with van der Waals surface area (Å²) in [4.78, 5) is 13.9. The SMILES string of the molecule is CCN(C(=O)C1CCCNC1)c1ccccc1F. The van der Waals surface area contributed by atoms with Crippen LogP contribution in [0.5, 0.6) is 0 Å². The van der Waals surface area contributed by atoms with Crippen molar-refractivity contribution in [1.29, 1.82) is 0 Å². The second-order valence-corrected chi connectivity index (χ2v) is 4.58. The van der Waals surface area contributed by atoms with E-state index in [0.29, 0.717) is 18.8 Å². The molecule has 1 atom stereocenters. The fourth-order valence-electron chi connectivity index (χ4n) is 2.40. The number of benzene rings is 1. The molecule has 1 heterocycles. The molecule has 1 saturated heterocycles. The number of carbonyl (C=O) groups excluding carboxylic acids is 1. The zero-order valence-electron chi connectivity index (χ0n) is 10.7. The first-order chi connectivity index (χ1) is 8.74. The summed E-state index contributed by atoms with van der Waals surface area (Å²) in [6, 6.07) is 6.45. The van der Waals surface area contributed by atoms with Gasteiger partial charge in [0.05, 0.1) is 11.6 Å². The lowest BCUT2D eigenvalue weighted by Gasteiger charge is -2.29. The predicted molar refractivity (Wildman–Crippen MR) is 70.0 cm³/mol. The maximum Gasteiger partial charge on any atom is 0.231 e. The minimum atomic E-state index is -0.337. The molecule has 98 valence electrons. The Bertz CT molecular complexity index is 416. The summed E-state index contributed by atoms with van der Waals surface area (Å²) in [7, 11) is 0. The summed E-state index contributed by atoms with van der Waals surface area (Å²) in [6.07, 6.45) is 1.89. The third kappa shape index (κ3) is 2.70. The first-order valence-corrected chi connectivity index (χ1v) is 6.50. The molecular weight excluding hydrogens is 231 g/mol. The zero-order chi connectivity index (χ0) is 13.0. The Labute approximate surface area is 107 Å². The number of nitrogens with zero attached hydrogens (tertiary/aromatic N) is 1. The number of carbonyl (C=O) groups is 1. The van der Waals surface area contributed by atoms with E-state index in [1.54, 1.807) is 23.1 Å². The summed E-state index contributed by atoms with van der Waals surface area (Å²) in [5.74, 6) is -0.343. The van der Waals surface area contributed by atoms with Crippen LogP contribution in [0.3, 0.4) is 0 Å². The van der Waals surface area contributed by atoms with Gasteiger partial charge >= 0.3 is 0 Å². The van der Waals surface area contributed by atoms with Crippen LogP contribution in [0.15, 0.2) is 24.3 Å². The summed E-state index contributed by atoms with van der Waals surface area (Å²) in [5.41, 5.74) is 0.385. The lowest BCUT2D eigenvalue weighted by molar-refractivity contribution is -0.122. The summed E-state index contributed by atoms with van der Waals surface area (Å²) in [6.45, 7) is 4.04. The van der Waals surface area contributed by atoms with Gasteiger partial charge in [0.2, 0.25) is 5.91 Å². The molecule has 1 unspecified atom stereocenters. The van der Waals surface area contributed by atoms with Crippen molar-refractivity contribution in [3.63, 3.8) is 0 Å². The Morgan fingerprint density at radius 1 is 1.50 bits per heavy atom. The number of hydrogen-bond acceptors (Lipinski definition) is 2. The van der Waals surface area contributed by atoms with Crippen molar-refractivity contribution in [2.45, 2.75) is 19.8 Å². The van der Waals surface area contributed by atoms with Gasteiger partial charge in [-0.2, -0.15) is 0 Å². The Kier molecular flexibility index (Phi) is 4.31. The van der Waals surface area contributed by atoms with E-state index in [1.165, 1.54) is 6.07 Å². The Balaban J connectivity index is 2.17. The lowest BCUT2D eigenvalue weighted by atomic mass is 9.98. The van der Waals surface area contributed by atoms with Crippen LogP contribution in [0.4, 0.5) is 10.1 Å². The van der Waals surface area contributed by atoms with Gasteiger partial charge in [-0.3, -0.25) is 4.79 Å². The maximum atomic E-state index is 13.7. The molecule has 1 aromatic rings. The highest BCUT2D eigenvalue weighted by Gasteiger charge is 2.27. The van der Waals surface area contributed by atoms with Crippen LogP contribution >= 0.6 is 0 Å². The lowest BCUT2D eigenvalue weighted by Crippen LogP contribution is -2.43. The van der Waals surface area contributed by atoms with Crippen molar-refractivity contribution in [1.82, 2.24) is 5.32 Å². The number of halogens is 1. The van der Waals surface area contributed by atoms with E-state index in [1.807, 2.05) is 6.92 Å². The third-order valence-corrected chi connectivity index (χ3v) is 3.37. The van der Waals surface area contributed by atoms with Crippen LogP contribution in [0.1, 0.15) is 19.8 Å². The molecule has 1 aliphatic rings. The van der Waals surface area contributed by atoms with E-state index in [9.17, 15) is 9.18 Å². The number of nitrogens with one attached hydrogen (secondary N) is 1. The van der Waals surface area contributed by atoms with Crippen molar-refractivity contribution in [3.05, 3.63) is 30.1 Å². The van der Waals surface area contributed by atoms with Gasteiger partial charge in [0, 0.05) is 13.1 Å². The Morgan fingerprint density at radius 3 is 2.89 bits per heavy atom. The maximum absolute atomic E-state index is 13.7. The molecule has 1 fully saturated rings. The van der Waals surface area contributed by atoms with Gasteiger partial charge in [0.15, 0.2) is 0 Å². The normalized spacial score (nSPS) is 19.6. The highest BCUT2D eigenvalue weighted by molar-refractivity contribution is 5.95. The Hall–Kier alpha value is -1.42. The standard InChI is InChI=1S/C14H19FN2O/c1-2-17(13-8-4-3-7-12(13)15)14(18)11-6-5-9-16-10-11/h3-4,7-8,11,16H,2,5-6,9-10H2,1H3. The molecule has 4 heteroatoms. The number of anilines is 1. The number of para-hydroxylation sites is 1. The minimum absolute atomic E-state index is 0.0230. The van der Waals surface area contributed by atoms with Crippen LogP contribution < -0.4 is 10.2 Å². The fourth-order valence-corrected chi connectivity index (χ4v) is 2.40. The topological polar surface area (TPSA) is 32.3 Å². The molecular formula is C14H19FN2O. The molecule has 0 saturated carbocycles.